The Hall–Kier alpha value is -2.00. The van der Waals surface area contributed by atoms with Crippen molar-refractivity contribution < 1.29 is 4.79 Å². The molecule has 3 saturated heterocycles. The van der Waals surface area contributed by atoms with Gasteiger partial charge in [0, 0.05) is 85.0 Å². The number of amides is 2. The van der Waals surface area contributed by atoms with Crippen LogP contribution in [0.4, 0.5) is 4.79 Å². The Labute approximate surface area is 205 Å². The molecule has 0 aromatic carbocycles. The molecule has 2 aliphatic carbocycles. The van der Waals surface area contributed by atoms with Crippen molar-refractivity contribution in [3.8, 4) is 0 Å². The van der Waals surface area contributed by atoms with Crippen LogP contribution in [0.5, 0.6) is 0 Å². The minimum absolute atomic E-state index is 0.124. The highest BCUT2D eigenvalue weighted by Crippen LogP contribution is 2.56. The molecule has 0 unspecified atom stereocenters. The molecule has 0 bridgehead atoms. The molecule has 9 heteroatoms. The number of urea groups is 1. The number of nitrogens with one attached hydrogen (secondary N) is 1. The maximum atomic E-state index is 13.0. The van der Waals surface area contributed by atoms with Gasteiger partial charge >= 0.3 is 6.03 Å². The van der Waals surface area contributed by atoms with E-state index in [1.54, 1.807) is 0 Å². The average Bonchev–Trinajstić information content (AvgIpc) is 3.19. The van der Waals surface area contributed by atoms with E-state index in [-0.39, 0.29) is 11.4 Å². The smallest absolute Gasteiger partial charge is 0.320 e. The summed E-state index contributed by atoms with van der Waals surface area (Å²) in [7, 11) is 0. The molecule has 34 heavy (non-hydrogen) atoms. The molecule has 5 fully saturated rings. The molecule has 1 N–H and O–H groups in total. The normalized spacial score (nSPS) is 25.7. The monoisotopic (exact) mass is 481 g/mol. The molecule has 3 aliphatic heterocycles. The number of thiazole rings is 1. The summed E-state index contributed by atoms with van der Waals surface area (Å²) >= 11 is 1.84. The van der Waals surface area contributed by atoms with Gasteiger partial charge in [-0.25, -0.2) is 14.8 Å². The molecule has 2 aromatic rings. The Morgan fingerprint density at radius 3 is 2.35 bits per heavy atom. The molecule has 2 spiro atoms. The average molecular weight is 482 g/mol. The van der Waals surface area contributed by atoms with Crippen LogP contribution < -0.4 is 0 Å². The number of aromatic amines is 1. The van der Waals surface area contributed by atoms with Gasteiger partial charge in [0.15, 0.2) is 5.82 Å². The van der Waals surface area contributed by atoms with Crippen molar-refractivity contribution >= 4 is 17.4 Å². The highest BCUT2D eigenvalue weighted by molar-refractivity contribution is 7.11. The number of rotatable bonds is 4. The lowest BCUT2D eigenvalue weighted by Gasteiger charge is -2.63. The molecule has 2 amide bonds. The SMILES string of the molecule is CC(C)(C)c1ncc(CN2CC3(C2)CN(C(=O)N2CC4(CC(c5n[nH]c(C6CC6)n5)C4)C2)C3)s1. The maximum absolute atomic E-state index is 13.0. The van der Waals surface area contributed by atoms with E-state index in [0.29, 0.717) is 22.7 Å². The number of H-pyrrole nitrogens is 1. The molecular weight excluding hydrogens is 446 g/mol. The lowest BCUT2D eigenvalue weighted by molar-refractivity contribution is -0.116. The molecule has 8 nitrogen and oxygen atoms in total. The summed E-state index contributed by atoms with van der Waals surface area (Å²) in [6, 6.07) is 0.254. The number of carbonyl (C=O) groups is 1. The second-order valence-electron chi connectivity index (χ2n) is 13.0. The van der Waals surface area contributed by atoms with E-state index in [2.05, 4.69) is 50.7 Å². The van der Waals surface area contributed by atoms with E-state index in [1.807, 2.05) is 17.5 Å². The third-order valence-electron chi connectivity index (χ3n) is 8.55. The first-order valence-electron chi connectivity index (χ1n) is 12.8. The fraction of sp³-hybridized carbons (Fsp3) is 0.760. The predicted octanol–water partition coefficient (Wildman–Crippen LogP) is 3.55. The minimum atomic E-state index is 0.124. The highest BCUT2D eigenvalue weighted by atomic mass is 32.1. The quantitative estimate of drug-likeness (QED) is 0.722. The first-order valence-corrected chi connectivity index (χ1v) is 13.6. The molecule has 0 radical (unpaired) electrons. The van der Waals surface area contributed by atoms with Gasteiger partial charge in [-0.05, 0) is 25.7 Å². The van der Waals surface area contributed by atoms with Crippen LogP contribution in [0.3, 0.4) is 0 Å². The number of carbonyl (C=O) groups excluding carboxylic acids is 1. The van der Waals surface area contributed by atoms with E-state index >= 15 is 0 Å². The van der Waals surface area contributed by atoms with Crippen LogP contribution in [0.2, 0.25) is 0 Å². The second-order valence-corrected chi connectivity index (χ2v) is 14.1. The van der Waals surface area contributed by atoms with Crippen LogP contribution in [0.1, 0.15) is 79.8 Å². The first-order chi connectivity index (χ1) is 16.2. The third-order valence-corrected chi connectivity index (χ3v) is 9.95. The van der Waals surface area contributed by atoms with Crippen LogP contribution in [-0.4, -0.2) is 80.2 Å². The molecular formula is C25H35N7OS. The van der Waals surface area contributed by atoms with Gasteiger partial charge in [-0.15, -0.1) is 11.3 Å². The van der Waals surface area contributed by atoms with E-state index < -0.39 is 0 Å². The van der Waals surface area contributed by atoms with Gasteiger partial charge < -0.3 is 9.80 Å². The Balaban J connectivity index is 0.844. The van der Waals surface area contributed by atoms with Gasteiger partial charge in [0.2, 0.25) is 0 Å². The zero-order valence-corrected chi connectivity index (χ0v) is 21.3. The number of hydrogen-bond donors (Lipinski definition) is 1. The Kier molecular flexibility index (Phi) is 4.40. The Morgan fingerprint density at radius 2 is 1.74 bits per heavy atom. The number of aromatic nitrogens is 4. The molecule has 5 heterocycles. The van der Waals surface area contributed by atoms with Crippen LogP contribution >= 0.6 is 11.3 Å². The summed E-state index contributed by atoms with van der Waals surface area (Å²) in [6.07, 6.45) is 6.81. The standard InChI is InChI=1S/C25H35N7OS/c1-23(2,3)21-26-8-18(34-21)9-30-10-25(11-30)14-32(15-25)22(33)31-12-24(13-31)6-17(7-24)20-27-19(28-29-20)16-4-5-16/h8,16-17H,4-7,9-15H2,1-3H3,(H,27,28,29). The lowest BCUT2D eigenvalue weighted by Crippen LogP contribution is -2.75. The topological polar surface area (TPSA) is 81.3 Å². The van der Waals surface area contributed by atoms with Crippen molar-refractivity contribution in [1.29, 1.82) is 0 Å². The molecule has 182 valence electrons. The van der Waals surface area contributed by atoms with Gasteiger partial charge in [0.25, 0.3) is 0 Å². The number of likely N-dealkylation sites (tertiary alicyclic amines) is 3. The molecule has 2 aromatic heterocycles. The van der Waals surface area contributed by atoms with Crippen molar-refractivity contribution in [2.24, 2.45) is 10.8 Å². The molecule has 0 atom stereocenters. The van der Waals surface area contributed by atoms with E-state index in [4.69, 9.17) is 4.98 Å². The van der Waals surface area contributed by atoms with E-state index in [1.165, 1.54) is 22.7 Å². The fourth-order valence-electron chi connectivity index (χ4n) is 6.60. The van der Waals surface area contributed by atoms with Gasteiger partial charge in [-0.1, -0.05) is 20.8 Å². The van der Waals surface area contributed by atoms with Crippen molar-refractivity contribution in [1.82, 2.24) is 34.9 Å². The van der Waals surface area contributed by atoms with E-state index in [9.17, 15) is 4.79 Å². The van der Waals surface area contributed by atoms with Gasteiger partial charge in [0.1, 0.15) is 5.82 Å². The predicted molar refractivity (Wildman–Crippen MR) is 130 cm³/mol. The minimum Gasteiger partial charge on any atom is -0.323 e. The number of nitrogens with zero attached hydrogens (tertiary/aromatic N) is 6. The zero-order chi connectivity index (χ0) is 23.3. The summed E-state index contributed by atoms with van der Waals surface area (Å²) < 4.78 is 0. The second kappa shape index (κ2) is 7.03. The van der Waals surface area contributed by atoms with Crippen LogP contribution in [0, 0.1) is 10.8 Å². The molecule has 2 saturated carbocycles. The molecule has 7 rings (SSSR count). The molecule has 5 aliphatic rings. The van der Waals surface area contributed by atoms with E-state index in [0.717, 1.165) is 70.3 Å². The van der Waals surface area contributed by atoms with Crippen LogP contribution in [0.25, 0.3) is 0 Å². The summed E-state index contributed by atoms with van der Waals surface area (Å²) in [5.41, 5.74) is 0.790. The summed E-state index contributed by atoms with van der Waals surface area (Å²) in [6.45, 7) is 13.5. The third kappa shape index (κ3) is 3.49. The zero-order valence-electron chi connectivity index (χ0n) is 20.5. The largest absolute Gasteiger partial charge is 0.323 e. The fourth-order valence-corrected chi connectivity index (χ4v) is 7.61. The first kappa shape index (κ1) is 21.3. The van der Waals surface area contributed by atoms with Crippen LogP contribution in [0.15, 0.2) is 6.20 Å². The number of hydrogen-bond acceptors (Lipinski definition) is 6. The lowest BCUT2D eigenvalue weighted by atomic mass is 9.57. The van der Waals surface area contributed by atoms with Crippen molar-refractivity contribution in [2.45, 2.75) is 70.3 Å². The summed E-state index contributed by atoms with van der Waals surface area (Å²) in [5.74, 6) is 3.20. The Morgan fingerprint density at radius 1 is 1.06 bits per heavy atom. The maximum Gasteiger partial charge on any atom is 0.320 e. The van der Waals surface area contributed by atoms with Crippen molar-refractivity contribution in [2.75, 3.05) is 39.3 Å². The highest BCUT2D eigenvalue weighted by Gasteiger charge is 2.58. The summed E-state index contributed by atoms with van der Waals surface area (Å²) in [4.78, 5) is 30.3. The van der Waals surface area contributed by atoms with Gasteiger partial charge in [-0.3, -0.25) is 10.00 Å². The van der Waals surface area contributed by atoms with Crippen molar-refractivity contribution in [3.63, 3.8) is 0 Å². The van der Waals surface area contributed by atoms with Crippen LogP contribution in [-0.2, 0) is 12.0 Å². The van der Waals surface area contributed by atoms with Gasteiger partial charge in [0.05, 0.1) is 5.01 Å². The van der Waals surface area contributed by atoms with Crippen molar-refractivity contribution in [3.05, 3.63) is 27.7 Å². The van der Waals surface area contributed by atoms with Gasteiger partial charge in [-0.2, -0.15) is 5.10 Å². The summed E-state index contributed by atoms with van der Waals surface area (Å²) in [5, 5.41) is 8.83. The Bertz CT molecular complexity index is 1100.